The lowest BCUT2D eigenvalue weighted by atomic mass is 9.99. The summed E-state index contributed by atoms with van der Waals surface area (Å²) >= 11 is 6.25. The molecule has 1 unspecified atom stereocenters. The van der Waals surface area contributed by atoms with Crippen molar-refractivity contribution >= 4 is 38.4 Å². The van der Waals surface area contributed by atoms with Gasteiger partial charge in [-0.3, -0.25) is 9.69 Å². The third-order valence-corrected chi connectivity index (χ3v) is 9.17. The highest BCUT2D eigenvalue weighted by atomic mass is 35.5. The molecule has 0 saturated carbocycles. The number of carbonyl (C=O) groups is 1. The quantitative estimate of drug-likeness (QED) is 0.313. The largest absolute Gasteiger partial charge is 0.494 e. The fraction of sp³-hybridized carbons (Fsp3) is 0.464. The summed E-state index contributed by atoms with van der Waals surface area (Å²) in [4.78, 5) is 18.2. The molecule has 1 aliphatic heterocycles. The molecular weight excluding hydrogens is 526 g/mol. The number of aromatic amines is 1. The van der Waals surface area contributed by atoms with Gasteiger partial charge in [0.1, 0.15) is 17.7 Å². The number of nitrogens with one attached hydrogen (secondary N) is 2. The molecule has 1 atom stereocenters. The summed E-state index contributed by atoms with van der Waals surface area (Å²) in [6, 6.07) is 11.4. The molecule has 1 aliphatic rings. The number of H-pyrrole nitrogens is 1. The first-order chi connectivity index (χ1) is 18.0. The summed E-state index contributed by atoms with van der Waals surface area (Å²) in [6.07, 6.45) is 1.94. The lowest BCUT2D eigenvalue weighted by Gasteiger charge is -2.33. The number of aromatic nitrogens is 1. The van der Waals surface area contributed by atoms with Crippen LogP contribution >= 0.6 is 11.6 Å². The number of aliphatic hydroxyl groups excluding tert-OH is 1. The van der Waals surface area contributed by atoms with E-state index in [9.17, 15) is 18.3 Å². The summed E-state index contributed by atoms with van der Waals surface area (Å²) in [5, 5.41) is 11.3. The summed E-state index contributed by atoms with van der Waals surface area (Å²) < 4.78 is 34.0. The molecule has 0 aliphatic carbocycles. The van der Waals surface area contributed by atoms with Gasteiger partial charge in [-0.05, 0) is 87.3 Å². The number of hydrogen-bond acceptors (Lipinski definition) is 6. The average molecular weight is 562 g/mol. The van der Waals surface area contributed by atoms with Crippen molar-refractivity contribution < 1.29 is 23.1 Å². The van der Waals surface area contributed by atoms with Crippen molar-refractivity contribution in [1.29, 1.82) is 0 Å². The number of hydrogen-bond donors (Lipinski definition) is 3. The van der Waals surface area contributed by atoms with Crippen LogP contribution in [0.3, 0.4) is 0 Å². The van der Waals surface area contributed by atoms with Gasteiger partial charge >= 0.3 is 0 Å². The van der Waals surface area contributed by atoms with Crippen LogP contribution in [0.4, 0.5) is 0 Å². The van der Waals surface area contributed by atoms with Gasteiger partial charge in [0.05, 0.1) is 12.4 Å². The third kappa shape index (κ3) is 6.88. The monoisotopic (exact) mass is 561 g/mol. The highest BCUT2D eigenvalue weighted by molar-refractivity contribution is 7.90. The minimum absolute atomic E-state index is 0.0604. The summed E-state index contributed by atoms with van der Waals surface area (Å²) in [5.74, 6) is -0.0839. The van der Waals surface area contributed by atoms with Gasteiger partial charge in [0.2, 0.25) is 10.0 Å². The van der Waals surface area contributed by atoms with Crippen LogP contribution in [-0.4, -0.2) is 61.0 Å². The van der Waals surface area contributed by atoms with E-state index in [-0.39, 0.29) is 17.4 Å². The Morgan fingerprint density at radius 1 is 1.21 bits per heavy atom. The molecule has 3 aromatic rings. The smallest absolute Gasteiger partial charge is 0.281 e. The molecule has 0 radical (unpaired) electrons. The number of aliphatic hydroxyl groups is 1. The Morgan fingerprint density at radius 2 is 1.87 bits per heavy atom. The van der Waals surface area contributed by atoms with Crippen LogP contribution in [0.1, 0.15) is 53.4 Å². The number of sulfonamides is 1. The Bertz CT molecular complexity index is 1370. The first-order valence-corrected chi connectivity index (χ1v) is 15.0. The van der Waals surface area contributed by atoms with Crippen LogP contribution in [0.25, 0.3) is 10.9 Å². The normalized spacial score (nSPS) is 16.0. The van der Waals surface area contributed by atoms with E-state index in [1.165, 1.54) is 0 Å². The van der Waals surface area contributed by atoms with Gasteiger partial charge in [0, 0.05) is 29.0 Å². The SMILES string of the molecule is Cc1cc(OCCCc2c(C(=O)NS(=O)(=O)CC3CCN(C(C)O)CC3)[nH]c3ccccc23)cc(C)c1Cl. The molecule has 206 valence electrons. The van der Waals surface area contributed by atoms with E-state index < -0.39 is 22.2 Å². The second-order valence-electron chi connectivity index (χ2n) is 10.2. The van der Waals surface area contributed by atoms with Gasteiger partial charge in [-0.2, -0.15) is 0 Å². The zero-order chi connectivity index (χ0) is 27.4. The number of halogens is 1. The molecule has 8 nitrogen and oxygen atoms in total. The maximum absolute atomic E-state index is 13.2. The van der Waals surface area contributed by atoms with Crippen molar-refractivity contribution in [2.75, 3.05) is 25.4 Å². The van der Waals surface area contributed by atoms with Crippen LogP contribution in [0, 0.1) is 19.8 Å². The average Bonchev–Trinajstić information content (AvgIpc) is 3.23. The number of aryl methyl sites for hydroxylation is 3. The molecule has 1 aromatic heterocycles. The number of piperidine rings is 1. The van der Waals surface area contributed by atoms with E-state index in [2.05, 4.69) is 9.71 Å². The number of amides is 1. The van der Waals surface area contributed by atoms with E-state index in [4.69, 9.17) is 16.3 Å². The number of likely N-dealkylation sites (tertiary alicyclic amines) is 1. The molecule has 0 spiro atoms. The summed E-state index contributed by atoms with van der Waals surface area (Å²) in [5.41, 5.74) is 3.71. The molecular formula is C28H36ClN3O5S. The van der Waals surface area contributed by atoms with E-state index in [1.807, 2.05) is 55.1 Å². The van der Waals surface area contributed by atoms with Gasteiger partial charge in [-0.25, -0.2) is 13.1 Å². The Hall–Kier alpha value is -2.59. The molecule has 1 saturated heterocycles. The van der Waals surface area contributed by atoms with Crippen LogP contribution < -0.4 is 9.46 Å². The molecule has 4 rings (SSSR count). The predicted octanol–water partition coefficient (Wildman–Crippen LogP) is 4.56. The zero-order valence-corrected chi connectivity index (χ0v) is 23.7. The molecule has 10 heteroatoms. The number of rotatable bonds is 10. The highest BCUT2D eigenvalue weighted by Crippen LogP contribution is 2.27. The lowest BCUT2D eigenvalue weighted by molar-refractivity contribution is -0.00127. The number of ether oxygens (including phenoxy) is 1. The van der Waals surface area contributed by atoms with Gasteiger partial charge < -0.3 is 14.8 Å². The fourth-order valence-corrected chi connectivity index (χ4v) is 6.65. The fourth-order valence-electron chi connectivity index (χ4n) is 5.12. The van der Waals surface area contributed by atoms with E-state index in [0.29, 0.717) is 45.4 Å². The summed E-state index contributed by atoms with van der Waals surface area (Å²) in [7, 11) is -3.83. The van der Waals surface area contributed by atoms with Gasteiger partial charge in [-0.15, -0.1) is 0 Å². The molecule has 2 heterocycles. The summed E-state index contributed by atoms with van der Waals surface area (Å²) in [6.45, 7) is 7.28. The van der Waals surface area contributed by atoms with Crippen LogP contribution in [0.15, 0.2) is 36.4 Å². The standard InChI is InChI=1S/C28H36ClN3O5S/c1-18-15-22(16-19(2)26(18)29)37-14-6-8-24-23-7-4-5-9-25(23)30-27(24)28(34)31-38(35,36)17-21-10-12-32(13-11-21)20(3)33/h4-5,7,9,15-16,20-21,30,33H,6,8,10-14,17H2,1-3H3,(H,31,34). The Balaban J connectivity index is 1.41. The first-order valence-electron chi connectivity index (χ1n) is 13.0. The second-order valence-corrected chi connectivity index (χ2v) is 12.3. The van der Waals surface area contributed by atoms with Crippen molar-refractivity contribution in [2.24, 2.45) is 5.92 Å². The molecule has 1 fully saturated rings. The topological polar surface area (TPSA) is 112 Å². The molecule has 3 N–H and O–H groups in total. The lowest BCUT2D eigenvalue weighted by Crippen LogP contribution is -2.43. The maximum atomic E-state index is 13.2. The van der Waals surface area contributed by atoms with Crippen molar-refractivity contribution in [3.8, 4) is 5.75 Å². The Morgan fingerprint density at radius 3 is 2.53 bits per heavy atom. The van der Waals surface area contributed by atoms with Crippen LogP contribution in [0.2, 0.25) is 5.02 Å². The van der Waals surface area contributed by atoms with Gasteiger partial charge in [-0.1, -0.05) is 29.8 Å². The molecule has 1 amide bonds. The van der Waals surface area contributed by atoms with E-state index >= 15 is 0 Å². The van der Waals surface area contributed by atoms with Crippen molar-refractivity contribution in [2.45, 2.75) is 52.7 Å². The Kier molecular flexibility index (Phi) is 9.03. The number of para-hydroxylation sites is 1. The second kappa shape index (κ2) is 12.1. The van der Waals surface area contributed by atoms with Crippen LogP contribution in [-0.2, 0) is 16.4 Å². The van der Waals surface area contributed by atoms with E-state index in [0.717, 1.165) is 38.4 Å². The minimum Gasteiger partial charge on any atom is -0.494 e. The third-order valence-electron chi connectivity index (χ3n) is 7.17. The number of fused-ring (bicyclic) bond motifs is 1. The van der Waals surface area contributed by atoms with E-state index in [1.54, 1.807) is 6.92 Å². The van der Waals surface area contributed by atoms with Crippen molar-refractivity contribution in [1.82, 2.24) is 14.6 Å². The molecule has 38 heavy (non-hydrogen) atoms. The molecule has 2 aromatic carbocycles. The van der Waals surface area contributed by atoms with Crippen molar-refractivity contribution in [3.05, 3.63) is 63.8 Å². The van der Waals surface area contributed by atoms with Gasteiger partial charge in [0.25, 0.3) is 5.91 Å². The predicted molar refractivity (Wildman–Crippen MR) is 150 cm³/mol. The zero-order valence-electron chi connectivity index (χ0n) is 22.1. The number of benzene rings is 2. The van der Waals surface area contributed by atoms with Crippen LogP contribution in [0.5, 0.6) is 5.75 Å². The maximum Gasteiger partial charge on any atom is 0.281 e. The van der Waals surface area contributed by atoms with Crippen molar-refractivity contribution in [3.63, 3.8) is 0 Å². The number of nitrogens with zero attached hydrogens (tertiary/aromatic N) is 1. The minimum atomic E-state index is -3.83. The highest BCUT2D eigenvalue weighted by Gasteiger charge is 2.28. The number of carbonyl (C=O) groups excluding carboxylic acids is 1. The van der Waals surface area contributed by atoms with Gasteiger partial charge in [0.15, 0.2) is 0 Å². The first kappa shape index (κ1) is 28.4. The molecule has 0 bridgehead atoms. The Labute approximate surface area is 229 Å².